The van der Waals surface area contributed by atoms with Crippen molar-refractivity contribution >= 4 is 17.7 Å². The van der Waals surface area contributed by atoms with E-state index in [1.807, 2.05) is 24.3 Å². The van der Waals surface area contributed by atoms with E-state index in [9.17, 15) is 18.8 Å². The summed E-state index contributed by atoms with van der Waals surface area (Å²) in [4.78, 5) is 40.5. The van der Waals surface area contributed by atoms with Gasteiger partial charge in [0.25, 0.3) is 11.8 Å². The lowest BCUT2D eigenvalue weighted by molar-refractivity contribution is -0.139. The van der Waals surface area contributed by atoms with E-state index < -0.39 is 23.8 Å². The number of rotatable bonds is 5. The van der Waals surface area contributed by atoms with Crippen LogP contribution >= 0.6 is 0 Å². The van der Waals surface area contributed by atoms with Crippen molar-refractivity contribution in [2.24, 2.45) is 5.73 Å². The van der Waals surface area contributed by atoms with Crippen LogP contribution in [0.15, 0.2) is 48.5 Å². The Balaban J connectivity index is 1.77. The van der Waals surface area contributed by atoms with Crippen molar-refractivity contribution in [3.8, 4) is 0 Å². The molecule has 1 heterocycles. The van der Waals surface area contributed by atoms with Crippen LogP contribution in [0.3, 0.4) is 0 Å². The molecule has 29 heavy (non-hydrogen) atoms. The Morgan fingerprint density at radius 2 is 1.72 bits per heavy atom. The molecule has 0 radical (unpaired) electrons. The monoisotopic (exact) mass is 398 g/mol. The molecule has 8 heteroatoms. The van der Waals surface area contributed by atoms with Gasteiger partial charge in [-0.2, -0.15) is 0 Å². The van der Waals surface area contributed by atoms with E-state index in [0.717, 1.165) is 11.1 Å². The Morgan fingerprint density at radius 3 is 2.38 bits per heavy atom. The van der Waals surface area contributed by atoms with Crippen LogP contribution in [0, 0.1) is 5.82 Å². The number of hydrogen-bond acceptors (Lipinski definition) is 4. The van der Waals surface area contributed by atoms with Crippen LogP contribution in [0.4, 0.5) is 4.39 Å². The summed E-state index contributed by atoms with van der Waals surface area (Å²) in [5, 5.41) is 2.79. The highest BCUT2D eigenvalue weighted by molar-refractivity contribution is 5.99. The molecule has 2 aromatic carbocycles. The number of nitrogens with one attached hydrogen (secondary N) is 1. The second-order valence-electron chi connectivity index (χ2n) is 6.83. The minimum Gasteiger partial charge on any atom is -0.349 e. The highest BCUT2D eigenvalue weighted by atomic mass is 19.1. The standard InChI is InChI=1S/C21H23FN4O3/c1-14(27)25-9-10-26(21(29)17-5-7-18(22)8-6-17)20(25)19(28)24-13-16-4-2-3-15(11-16)12-23/h2-8,11,20H,9-10,12-13,23H2,1H3,(H,24,28). The van der Waals surface area contributed by atoms with Crippen molar-refractivity contribution in [2.45, 2.75) is 26.2 Å². The van der Waals surface area contributed by atoms with Gasteiger partial charge in [-0.3, -0.25) is 14.4 Å². The third kappa shape index (κ3) is 4.60. The Bertz CT molecular complexity index is 916. The molecule has 1 fully saturated rings. The number of carbonyl (C=O) groups is 3. The summed E-state index contributed by atoms with van der Waals surface area (Å²) in [6, 6.07) is 12.6. The summed E-state index contributed by atoms with van der Waals surface area (Å²) in [5.74, 6) is -1.64. The number of amides is 3. The maximum atomic E-state index is 13.2. The maximum absolute atomic E-state index is 13.2. The van der Waals surface area contributed by atoms with Gasteiger partial charge in [-0.25, -0.2) is 4.39 Å². The molecular formula is C21H23FN4O3. The Kier molecular flexibility index (Phi) is 6.23. The molecule has 3 rings (SSSR count). The molecule has 3 amide bonds. The largest absolute Gasteiger partial charge is 0.349 e. The average molecular weight is 398 g/mol. The second-order valence-corrected chi connectivity index (χ2v) is 6.83. The van der Waals surface area contributed by atoms with Gasteiger partial charge in [0.15, 0.2) is 6.17 Å². The zero-order valence-corrected chi connectivity index (χ0v) is 16.1. The van der Waals surface area contributed by atoms with Gasteiger partial charge in [-0.1, -0.05) is 24.3 Å². The minimum atomic E-state index is -1.05. The number of halogens is 1. The fraction of sp³-hybridized carbons (Fsp3) is 0.286. The molecule has 1 aliphatic rings. The average Bonchev–Trinajstić information content (AvgIpc) is 3.18. The summed E-state index contributed by atoms with van der Waals surface area (Å²) in [5.41, 5.74) is 7.70. The first-order valence-electron chi connectivity index (χ1n) is 9.30. The van der Waals surface area contributed by atoms with E-state index in [0.29, 0.717) is 6.54 Å². The van der Waals surface area contributed by atoms with Gasteiger partial charge in [0.2, 0.25) is 5.91 Å². The van der Waals surface area contributed by atoms with Gasteiger partial charge < -0.3 is 20.9 Å². The predicted molar refractivity (Wildman–Crippen MR) is 105 cm³/mol. The predicted octanol–water partition coefficient (Wildman–Crippen LogP) is 1.23. The van der Waals surface area contributed by atoms with E-state index in [1.165, 1.54) is 41.0 Å². The number of nitrogens with zero attached hydrogens (tertiary/aromatic N) is 2. The summed E-state index contributed by atoms with van der Waals surface area (Å²) in [6.45, 7) is 2.46. The van der Waals surface area contributed by atoms with Gasteiger partial charge in [-0.15, -0.1) is 0 Å². The topological polar surface area (TPSA) is 95.7 Å². The zero-order valence-electron chi connectivity index (χ0n) is 16.1. The van der Waals surface area contributed by atoms with Gasteiger partial charge in [0.05, 0.1) is 0 Å². The lowest BCUT2D eigenvalue weighted by atomic mass is 10.1. The molecule has 1 unspecified atom stereocenters. The highest BCUT2D eigenvalue weighted by Gasteiger charge is 2.41. The summed E-state index contributed by atoms with van der Waals surface area (Å²) in [6.07, 6.45) is -1.05. The summed E-state index contributed by atoms with van der Waals surface area (Å²) >= 11 is 0. The van der Waals surface area contributed by atoms with Crippen LogP contribution in [-0.2, 0) is 22.7 Å². The molecule has 1 atom stereocenters. The van der Waals surface area contributed by atoms with Crippen molar-refractivity contribution in [3.05, 3.63) is 71.0 Å². The van der Waals surface area contributed by atoms with Crippen LogP contribution in [0.5, 0.6) is 0 Å². The van der Waals surface area contributed by atoms with Crippen LogP contribution in [0.25, 0.3) is 0 Å². The van der Waals surface area contributed by atoms with Crippen molar-refractivity contribution in [2.75, 3.05) is 13.1 Å². The molecule has 2 aromatic rings. The number of hydrogen-bond donors (Lipinski definition) is 2. The smallest absolute Gasteiger partial charge is 0.264 e. The third-order valence-corrected chi connectivity index (χ3v) is 4.86. The third-order valence-electron chi connectivity index (χ3n) is 4.86. The van der Waals surface area contributed by atoms with E-state index in [-0.39, 0.29) is 31.1 Å². The van der Waals surface area contributed by atoms with E-state index in [2.05, 4.69) is 5.32 Å². The van der Waals surface area contributed by atoms with Gasteiger partial charge >= 0.3 is 0 Å². The van der Waals surface area contributed by atoms with E-state index in [4.69, 9.17) is 5.73 Å². The fourth-order valence-corrected chi connectivity index (χ4v) is 3.36. The van der Waals surface area contributed by atoms with Crippen LogP contribution in [0.1, 0.15) is 28.4 Å². The Morgan fingerprint density at radius 1 is 1.07 bits per heavy atom. The molecule has 0 saturated carbocycles. The molecule has 0 spiro atoms. The van der Waals surface area contributed by atoms with Gasteiger partial charge in [0, 0.05) is 38.7 Å². The lowest BCUT2D eigenvalue weighted by Crippen LogP contribution is -2.53. The highest BCUT2D eigenvalue weighted by Crippen LogP contribution is 2.19. The van der Waals surface area contributed by atoms with Crippen LogP contribution in [0.2, 0.25) is 0 Å². The van der Waals surface area contributed by atoms with Gasteiger partial charge in [-0.05, 0) is 35.4 Å². The molecule has 3 N–H and O–H groups in total. The van der Waals surface area contributed by atoms with E-state index >= 15 is 0 Å². The van der Waals surface area contributed by atoms with Crippen LogP contribution < -0.4 is 11.1 Å². The molecule has 152 valence electrons. The van der Waals surface area contributed by atoms with Gasteiger partial charge in [0.1, 0.15) is 5.82 Å². The second kappa shape index (κ2) is 8.83. The SMILES string of the molecule is CC(=O)N1CCN(C(=O)c2ccc(F)cc2)C1C(=O)NCc1cccc(CN)c1. The zero-order chi connectivity index (χ0) is 21.0. The van der Waals surface area contributed by atoms with E-state index in [1.54, 1.807) is 0 Å². The molecule has 0 aliphatic carbocycles. The fourth-order valence-electron chi connectivity index (χ4n) is 3.36. The minimum absolute atomic E-state index is 0.219. The first kappa shape index (κ1) is 20.5. The first-order valence-corrected chi connectivity index (χ1v) is 9.30. The molecule has 1 aliphatic heterocycles. The molecule has 7 nitrogen and oxygen atoms in total. The molecule has 0 bridgehead atoms. The maximum Gasteiger partial charge on any atom is 0.264 e. The lowest BCUT2D eigenvalue weighted by Gasteiger charge is -2.28. The van der Waals surface area contributed by atoms with Crippen molar-refractivity contribution in [3.63, 3.8) is 0 Å². The first-order chi connectivity index (χ1) is 13.9. The van der Waals surface area contributed by atoms with Crippen molar-refractivity contribution < 1.29 is 18.8 Å². The van der Waals surface area contributed by atoms with Crippen molar-refractivity contribution in [1.29, 1.82) is 0 Å². The quantitative estimate of drug-likeness (QED) is 0.792. The Hall–Kier alpha value is -3.26. The Labute approximate surface area is 168 Å². The summed E-state index contributed by atoms with van der Waals surface area (Å²) < 4.78 is 13.2. The number of carbonyl (C=O) groups excluding carboxylic acids is 3. The number of benzene rings is 2. The van der Waals surface area contributed by atoms with Crippen molar-refractivity contribution in [1.82, 2.24) is 15.1 Å². The summed E-state index contributed by atoms with van der Waals surface area (Å²) in [7, 11) is 0. The number of nitrogens with two attached hydrogens (primary N) is 1. The normalized spacial score (nSPS) is 16.0. The molecule has 1 saturated heterocycles. The molecule has 0 aromatic heterocycles. The van der Waals surface area contributed by atoms with Crippen LogP contribution in [-0.4, -0.2) is 46.8 Å². The molecular weight excluding hydrogens is 375 g/mol.